The predicted molar refractivity (Wildman–Crippen MR) is 161 cm³/mol. The minimum Gasteiger partial charge on any atom is -0.412 e. The third-order valence-corrected chi connectivity index (χ3v) is 14.3. The Labute approximate surface area is 220 Å². The van der Waals surface area contributed by atoms with E-state index in [9.17, 15) is 0 Å². The second kappa shape index (κ2) is 15.1. The zero-order valence-electron chi connectivity index (χ0n) is 21.8. The summed E-state index contributed by atoms with van der Waals surface area (Å²) in [5.41, 5.74) is 1.86. The summed E-state index contributed by atoms with van der Waals surface area (Å²) >= 11 is 0. The molecule has 0 fully saturated rings. The maximum absolute atomic E-state index is 6.28. The Morgan fingerprint density at radius 2 is 0.889 bits per heavy atom. The quantitative estimate of drug-likeness (QED) is 0.171. The van der Waals surface area contributed by atoms with Gasteiger partial charge in [-0.1, -0.05) is 60.4 Å². The van der Waals surface area contributed by atoms with Gasteiger partial charge in [-0.3, -0.25) is 0 Å². The molecule has 4 heteroatoms. The lowest BCUT2D eigenvalue weighted by atomic mass is 10.2. The first-order valence-electron chi connectivity index (χ1n) is 12.5. The van der Waals surface area contributed by atoms with Crippen molar-refractivity contribution in [1.82, 2.24) is 0 Å². The number of rotatable bonds is 14. The van der Waals surface area contributed by atoms with Gasteiger partial charge in [-0.25, -0.2) is 0 Å². The van der Waals surface area contributed by atoms with Crippen LogP contribution in [-0.2, 0) is 8.85 Å². The molecule has 2 aromatic rings. The summed E-state index contributed by atoms with van der Waals surface area (Å²) in [5.74, 6) is 12.3. The summed E-state index contributed by atoms with van der Waals surface area (Å²) in [6.07, 6.45) is 7.83. The molecule has 2 nitrogen and oxygen atoms in total. The van der Waals surface area contributed by atoms with Crippen molar-refractivity contribution in [1.29, 1.82) is 0 Å². The topological polar surface area (TPSA) is 18.5 Å². The lowest BCUT2D eigenvalue weighted by Gasteiger charge is -2.29. The van der Waals surface area contributed by atoms with E-state index in [1.54, 1.807) is 0 Å². The highest BCUT2D eigenvalue weighted by Crippen LogP contribution is 2.20. The van der Waals surface area contributed by atoms with E-state index in [0.717, 1.165) is 35.3 Å². The molecule has 0 bridgehead atoms. The summed E-state index contributed by atoms with van der Waals surface area (Å²) in [6.45, 7) is 21.2. The van der Waals surface area contributed by atoms with E-state index >= 15 is 0 Å². The first kappa shape index (κ1) is 29.1. The third kappa shape index (κ3) is 7.69. The van der Waals surface area contributed by atoms with Crippen molar-refractivity contribution in [2.45, 2.75) is 38.0 Å². The summed E-state index contributed by atoms with van der Waals surface area (Å²) in [6, 6.07) is 20.1. The second-order valence-corrected chi connectivity index (χ2v) is 15.8. The number of benzene rings is 2. The van der Waals surface area contributed by atoms with Crippen LogP contribution in [0.1, 0.15) is 25.0 Å². The van der Waals surface area contributed by atoms with Crippen molar-refractivity contribution in [2.75, 3.05) is 13.2 Å². The van der Waals surface area contributed by atoms with Gasteiger partial charge < -0.3 is 8.85 Å². The Morgan fingerprint density at radius 1 is 0.583 bits per heavy atom. The van der Waals surface area contributed by atoms with Crippen molar-refractivity contribution in [3.8, 4) is 23.7 Å². The molecule has 186 valence electrons. The molecule has 0 amide bonds. The molecule has 0 aliphatic carbocycles. The van der Waals surface area contributed by atoms with Gasteiger partial charge in [0.15, 0.2) is 0 Å². The lowest BCUT2D eigenvalue weighted by Crippen LogP contribution is -2.50. The highest BCUT2D eigenvalue weighted by molar-refractivity contribution is 6.87. The summed E-state index contributed by atoms with van der Waals surface area (Å²) in [5, 5.41) is 2.47. The Balaban J connectivity index is 2.19. The van der Waals surface area contributed by atoms with Crippen LogP contribution in [0, 0.1) is 23.7 Å². The highest BCUT2D eigenvalue weighted by atomic mass is 28.4. The van der Waals surface area contributed by atoms with E-state index in [0.29, 0.717) is 13.2 Å². The fourth-order valence-corrected chi connectivity index (χ4v) is 11.0. The maximum Gasteiger partial charge on any atom is 0.231 e. The maximum atomic E-state index is 6.28. The van der Waals surface area contributed by atoms with Crippen molar-refractivity contribution < 1.29 is 8.85 Å². The van der Waals surface area contributed by atoms with Gasteiger partial charge in [0, 0.05) is 24.3 Å². The first-order chi connectivity index (χ1) is 17.5. The Bertz CT molecular complexity index is 1030. The fourth-order valence-electron chi connectivity index (χ4n) is 4.45. The number of hydrogen-bond acceptors (Lipinski definition) is 2. The normalized spacial score (nSPS) is 10.8. The zero-order valence-corrected chi connectivity index (χ0v) is 23.8. The van der Waals surface area contributed by atoms with Gasteiger partial charge in [0.05, 0.1) is 0 Å². The van der Waals surface area contributed by atoms with E-state index in [2.05, 4.69) is 74.3 Å². The Morgan fingerprint density at radius 3 is 1.14 bits per heavy atom. The summed E-state index contributed by atoms with van der Waals surface area (Å²) in [4.78, 5) is 0. The average Bonchev–Trinajstić information content (AvgIpc) is 2.88. The van der Waals surface area contributed by atoms with Gasteiger partial charge in [-0.15, -0.1) is 26.3 Å². The van der Waals surface area contributed by atoms with Crippen LogP contribution in [0.4, 0.5) is 0 Å². The second-order valence-electron chi connectivity index (χ2n) is 8.48. The van der Waals surface area contributed by atoms with Gasteiger partial charge in [0.1, 0.15) is 0 Å². The molecule has 0 saturated carbocycles. The molecule has 2 aromatic carbocycles. The fraction of sp³-hybridized carbons (Fsp3) is 0.250. The summed E-state index contributed by atoms with van der Waals surface area (Å²) < 4.78 is 12.6. The molecule has 0 aliphatic rings. The summed E-state index contributed by atoms with van der Waals surface area (Å²) in [7, 11) is -4.28. The largest absolute Gasteiger partial charge is 0.412 e. The molecular formula is C32H38O2Si2. The molecule has 0 heterocycles. The minimum absolute atomic E-state index is 0.684. The van der Waals surface area contributed by atoms with Gasteiger partial charge in [-0.05, 0) is 84.5 Å². The van der Waals surface area contributed by atoms with E-state index < -0.39 is 16.6 Å². The van der Waals surface area contributed by atoms with Crippen LogP contribution in [0.2, 0.25) is 24.2 Å². The SMILES string of the molecule is C=CC[Si](CC=C)(OCC)c1ccc(C#CC#Cc2ccc([Si](CC=C)(CC=C)OCC)cc2)cc1. The van der Waals surface area contributed by atoms with Crippen molar-refractivity contribution in [3.63, 3.8) is 0 Å². The van der Waals surface area contributed by atoms with Crippen LogP contribution in [0.25, 0.3) is 0 Å². The molecule has 0 atom stereocenters. The molecule has 36 heavy (non-hydrogen) atoms. The molecular weight excluding hydrogens is 473 g/mol. The van der Waals surface area contributed by atoms with Gasteiger partial charge in [-0.2, -0.15) is 0 Å². The Hall–Kier alpha value is -3.13. The molecule has 0 aliphatic heterocycles. The van der Waals surface area contributed by atoms with Crippen molar-refractivity contribution in [2.24, 2.45) is 0 Å². The van der Waals surface area contributed by atoms with E-state index in [1.807, 2.05) is 62.4 Å². The monoisotopic (exact) mass is 510 g/mol. The molecule has 2 rings (SSSR count). The lowest BCUT2D eigenvalue weighted by molar-refractivity contribution is 0.333. The van der Waals surface area contributed by atoms with Gasteiger partial charge in [0.2, 0.25) is 16.6 Å². The van der Waals surface area contributed by atoms with Crippen molar-refractivity contribution >= 4 is 27.0 Å². The smallest absolute Gasteiger partial charge is 0.231 e. The molecule has 0 N–H and O–H groups in total. The van der Waals surface area contributed by atoms with E-state index in [1.165, 1.54) is 10.4 Å². The molecule has 0 spiro atoms. The Kier molecular flexibility index (Phi) is 12.2. The zero-order chi connectivity index (χ0) is 26.3. The third-order valence-electron chi connectivity index (χ3n) is 6.04. The first-order valence-corrected chi connectivity index (χ1v) is 17.1. The van der Waals surface area contributed by atoms with Crippen LogP contribution in [0.3, 0.4) is 0 Å². The average molecular weight is 511 g/mol. The van der Waals surface area contributed by atoms with Crippen LogP contribution in [0.15, 0.2) is 99.2 Å². The van der Waals surface area contributed by atoms with Gasteiger partial charge >= 0.3 is 0 Å². The van der Waals surface area contributed by atoms with E-state index in [-0.39, 0.29) is 0 Å². The highest BCUT2D eigenvalue weighted by Gasteiger charge is 2.35. The standard InChI is InChI=1S/C32H38O2Si2/c1-7-25-35(26-8-2,33-11-5)31-21-17-29(18-22-31)15-13-14-16-30-19-23-32(24-20-30)36(27-9-3,28-10-4)34-12-6/h7-10,17-24H,1-4,11-12,25-28H2,5-6H3. The molecule has 0 saturated heterocycles. The molecule has 0 unspecified atom stereocenters. The predicted octanol–water partition coefficient (Wildman–Crippen LogP) is 6.21. The van der Waals surface area contributed by atoms with Crippen LogP contribution < -0.4 is 10.4 Å². The van der Waals surface area contributed by atoms with Crippen LogP contribution >= 0.6 is 0 Å². The van der Waals surface area contributed by atoms with Crippen LogP contribution in [0.5, 0.6) is 0 Å². The number of allylic oxidation sites excluding steroid dienone is 4. The van der Waals surface area contributed by atoms with Crippen molar-refractivity contribution in [3.05, 3.63) is 110 Å². The minimum atomic E-state index is -2.14. The molecule has 0 aromatic heterocycles. The van der Waals surface area contributed by atoms with E-state index in [4.69, 9.17) is 8.85 Å². The van der Waals surface area contributed by atoms with Crippen LogP contribution in [-0.4, -0.2) is 29.8 Å². The molecule has 0 radical (unpaired) electrons. The number of hydrogen-bond donors (Lipinski definition) is 0. The van der Waals surface area contributed by atoms with Gasteiger partial charge in [0.25, 0.3) is 0 Å².